The zero-order valence-corrected chi connectivity index (χ0v) is 15.5. The number of aryl methyl sites for hydroxylation is 1. The number of aliphatic hydroxyl groups is 1. The molecule has 1 unspecified atom stereocenters. The second kappa shape index (κ2) is 7.21. The molecule has 3 heterocycles. The van der Waals surface area contributed by atoms with E-state index in [0.717, 1.165) is 54.5 Å². The lowest BCUT2D eigenvalue weighted by Crippen LogP contribution is -2.42. The molecule has 1 aromatic carbocycles. The normalized spacial score (nSPS) is 17.8. The third-order valence-corrected chi connectivity index (χ3v) is 5.16. The van der Waals surface area contributed by atoms with Gasteiger partial charge in [0.15, 0.2) is 5.65 Å². The van der Waals surface area contributed by atoms with E-state index >= 15 is 0 Å². The van der Waals surface area contributed by atoms with E-state index < -0.39 is 0 Å². The molecule has 1 aliphatic heterocycles. The lowest BCUT2D eigenvalue weighted by Gasteiger charge is -2.36. The first-order valence-corrected chi connectivity index (χ1v) is 9.41. The van der Waals surface area contributed by atoms with Crippen molar-refractivity contribution in [1.82, 2.24) is 19.6 Å². The number of nitrogens with zero attached hydrogens (tertiary/aromatic N) is 5. The maximum Gasteiger partial charge on any atom is 0.230 e. The van der Waals surface area contributed by atoms with Crippen molar-refractivity contribution in [3.8, 4) is 11.3 Å². The Labute approximate surface area is 157 Å². The van der Waals surface area contributed by atoms with Crippen molar-refractivity contribution < 1.29 is 5.11 Å². The van der Waals surface area contributed by atoms with Crippen molar-refractivity contribution in [1.29, 1.82) is 0 Å². The van der Waals surface area contributed by atoms with Crippen molar-refractivity contribution in [3.63, 3.8) is 0 Å². The third-order valence-electron chi connectivity index (χ3n) is 4.90. The summed E-state index contributed by atoms with van der Waals surface area (Å²) in [6.45, 7) is 3.01. The summed E-state index contributed by atoms with van der Waals surface area (Å²) < 4.78 is 1.83. The van der Waals surface area contributed by atoms with Crippen molar-refractivity contribution >= 4 is 23.2 Å². The van der Waals surface area contributed by atoms with Crippen molar-refractivity contribution in [2.24, 2.45) is 0 Å². The average molecular weight is 372 g/mol. The molecule has 1 aliphatic rings. The summed E-state index contributed by atoms with van der Waals surface area (Å²) in [7, 11) is 0. The van der Waals surface area contributed by atoms with Gasteiger partial charge in [0.25, 0.3) is 0 Å². The fourth-order valence-corrected chi connectivity index (χ4v) is 3.77. The van der Waals surface area contributed by atoms with Crippen LogP contribution in [0.5, 0.6) is 0 Å². The average Bonchev–Trinajstić information content (AvgIpc) is 3.06. The minimum atomic E-state index is 0.184. The molecule has 0 aliphatic carbocycles. The summed E-state index contributed by atoms with van der Waals surface area (Å²) >= 11 is 6.00. The van der Waals surface area contributed by atoms with Gasteiger partial charge in [-0.15, -0.1) is 0 Å². The molecule has 0 saturated carbocycles. The highest BCUT2D eigenvalue weighted by Crippen LogP contribution is 2.28. The molecule has 1 N–H and O–H groups in total. The highest BCUT2D eigenvalue weighted by atomic mass is 35.5. The largest absolute Gasteiger partial charge is 0.396 e. The number of rotatable bonds is 4. The van der Waals surface area contributed by atoms with Crippen molar-refractivity contribution in [2.75, 3.05) is 18.1 Å². The first kappa shape index (κ1) is 17.2. The van der Waals surface area contributed by atoms with Crippen LogP contribution in [0.4, 0.5) is 5.95 Å². The molecule has 3 aromatic rings. The van der Waals surface area contributed by atoms with Gasteiger partial charge in [-0.2, -0.15) is 14.6 Å². The minimum absolute atomic E-state index is 0.184. The van der Waals surface area contributed by atoms with E-state index in [1.165, 1.54) is 6.42 Å². The van der Waals surface area contributed by atoms with Gasteiger partial charge in [0.1, 0.15) is 5.82 Å². The van der Waals surface area contributed by atoms with Gasteiger partial charge in [0, 0.05) is 35.8 Å². The molecular weight excluding hydrogens is 350 g/mol. The minimum Gasteiger partial charge on any atom is -0.396 e. The van der Waals surface area contributed by atoms with Gasteiger partial charge >= 0.3 is 0 Å². The van der Waals surface area contributed by atoms with Crippen molar-refractivity contribution in [2.45, 2.75) is 38.6 Å². The van der Waals surface area contributed by atoms with Crippen LogP contribution in [0, 0.1) is 6.92 Å². The zero-order chi connectivity index (χ0) is 18.1. The fourth-order valence-electron chi connectivity index (χ4n) is 3.64. The quantitative estimate of drug-likeness (QED) is 0.760. The predicted octanol–water partition coefficient (Wildman–Crippen LogP) is 3.49. The Hall–Kier alpha value is -2.18. The first-order chi connectivity index (χ1) is 12.7. The summed E-state index contributed by atoms with van der Waals surface area (Å²) in [6, 6.07) is 9.90. The topological polar surface area (TPSA) is 66.5 Å². The van der Waals surface area contributed by atoms with E-state index in [0.29, 0.717) is 5.02 Å². The van der Waals surface area contributed by atoms with Crippen LogP contribution in [0.25, 0.3) is 16.9 Å². The predicted molar refractivity (Wildman–Crippen MR) is 103 cm³/mol. The molecule has 6 nitrogen and oxygen atoms in total. The van der Waals surface area contributed by atoms with Gasteiger partial charge in [-0.25, -0.2) is 4.98 Å². The molecule has 2 aromatic heterocycles. The van der Waals surface area contributed by atoms with Crippen LogP contribution < -0.4 is 4.90 Å². The Balaban J connectivity index is 1.80. The first-order valence-electron chi connectivity index (χ1n) is 9.03. The Kier molecular flexibility index (Phi) is 4.78. The van der Waals surface area contributed by atoms with Crippen LogP contribution in [-0.4, -0.2) is 43.9 Å². The van der Waals surface area contributed by atoms with Crippen molar-refractivity contribution in [3.05, 3.63) is 41.2 Å². The van der Waals surface area contributed by atoms with Crippen LogP contribution >= 0.6 is 11.6 Å². The number of benzene rings is 1. The van der Waals surface area contributed by atoms with Gasteiger partial charge in [-0.3, -0.25) is 0 Å². The SMILES string of the molecule is Cc1nc(N2CCCCC2CCO)n2nc(-c3ccc(Cl)cc3)cc2n1. The molecule has 0 spiro atoms. The van der Waals surface area contributed by atoms with E-state index in [1.807, 2.05) is 41.8 Å². The van der Waals surface area contributed by atoms with E-state index in [-0.39, 0.29) is 12.6 Å². The number of aromatic nitrogens is 4. The number of halogens is 1. The number of anilines is 1. The molecule has 1 fully saturated rings. The van der Waals surface area contributed by atoms with Gasteiger partial charge in [-0.1, -0.05) is 23.7 Å². The van der Waals surface area contributed by atoms with E-state index in [9.17, 15) is 5.11 Å². The van der Waals surface area contributed by atoms with E-state index in [2.05, 4.69) is 9.88 Å². The van der Waals surface area contributed by atoms with Crippen LogP contribution in [0.15, 0.2) is 30.3 Å². The molecule has 26 heavy (non-hydrogen) atoms. The van der Waals surface area contributed by atoms with Gasteiger partial charge < -0.3 is 10.0 Å². The standard InChI is InChI=1S/C19H22ClN5O/c1-13-21-18-12-17(14-5-7-15(20)8-6-14)23-25(18)19(22-13)24-10-3-2-4-16(24)9-11-26/h5-8,12,16,26H,2-4,9-11H2,1H3. The Morgan fingerprint density at radius 3 is 2.77 bits per heavy atom. The van der Waals surface area contributed by atoms with Crippen LogP contribution in [-0.2, 0) is 0 Å². The number of hydrogen-bond acceptors (Lipinski definition) is 5. The van der Waals surface area contributed by atoms with Crippen LogP contribution in [0.3, 0.4) is 0 Å². The molecule has 1 saturated heterocycles. The Bertz CT molecular complexity index is 906. The summed E-state index contributed by atoms with van der Waals surface area (Å²) in [5.74, 6) is 1.54. The summed E-state index contributed by atoms with van der Waals surface area (Å²) in [4.78, 5) is 11.5. The monoisotopic (exact) mass is 371 g/mol. The molecule has 0 bridgehead atoms. The molecule has 7 heteroatoms. The molecular formula is C19H22ClN5O. The molecule has 1 atom stereocenters. The number of fused-ring (bicyclic) bond motifs is 1. The second-order valence-corrected chi connectivity index (χ2v) is 7.17. The number of aliphatic hydroxyl groups excluding tert-OH is 1. The number of hydrogen-bond donors (Lipinski definition) is 1. The summed E-state index contributed by atoms with van der Waals surface area (Å²) in [6.07, 6.45) is 4.12. The highest BCUT2D eigenvalue weighted by Gasteiger charge is 2.26. The smallest absolute Gasteiger partial charge is 0.230 e. The molecule has 0 radical (unpaired) electrons. The van der Waals surface area contributed by atoms with Crippen LogP contribution in [0.2, 0.25) is 5.02 Å². The molecule has 4 rings (SSSR count). The number of piperidine rings is 1. The Morgan fingerprint density at radius 1 is 1.19 bits per heavy atom. The maximum atomic E-state index is 9.43. The van der Waals surface area contributed by atoms with E-state index in [1.54, 1.807) is 0 Å². The highest BCUT2D eigenvalue weighted by molar-refractivity contribution is 6.30. The zero-order valence-electron chi connectivity index (χ0n) is 14.8. The summed E-state index contributed by atoms with van der Waals surface area (Å²) in [5, 5.41) is 14.9. The summed E-state index contributed by atoms with van der Waals surface area (Å²) in [5.41, 5.74) is 2.62. The van der Waals surface area contributed by atoms with Gasteiger partial charge in [0.2, 0.25) is 5.95 Å². The second-order valence-electron chi connectivity index (χ2n) is 6.73. The van der Waals surface area contributed by atoms with Gasteiger partial charge in [0.05, 0.1) is 5.69 Å². The van der Waals surface area contributed by atoms with Crippen LogP contribution in [0.1, 0.15) is 31.5 Å². The fraction of sp³-hybridized carbons (Fsp3) is 0.421. The molecule has 136 valence electrons. The third kappa shape index (κ3) is 3.27. The molecule has 0 amide bonds. The van der Waals surface area contributed by atoms with E-state index in [4.69, 9.17) is 21.7 Å². The lowest BCUT2D eigenvalue weighted by atomic mass is 10.0. The Morgan fingerprint density at radius 2 is 2.00 bits per heavy atom. The lowest BCUT2D eigenvalue weighted by molar-refractivity contribution is 0.261. The van der Waals surface area contributed by atoms with Gasteiger partial charge in [-0.05, 0) is 44.7 Å². The maximum absolute atomic E-state index is 9.43.